The van der Waals surface area contributed by atoms with Crippen LogP contribution in [-0.4, -0.2) is 38.4 Å². The van der Waals surface area contributed by atoms with Gasteiger partial charge in [-0.05, 0) is 12.1 Å². The molecular formula is C13H18N2O3. The minimum absolute atomic E-state index is 0.184. The molecule has 1 heterocycles. The van der Waals surface area contributed by atoms with Crippen LogP contribution in [0.4, 0.5) is 5.69 Å². The van der Waals surface area contributed by atoms with Gasteiger partial charge in [0.2, 0.25) is 0 Å². The molecule has 0 radical (unpaired) electrons. The molecule has 0 aromatic heterocycles. The Morgan fingerprint density at radius 1 is 1.56 bits per heavy atom. The molecule has 0 bridgehead atoms. The normalized spacial score (nSPS) is 22.9. The van der Waals surface area contributed by atoms with E-state index in [1.54, 1.807) is 31.4 Å². The van der Waals surface area contributed by atoms with Gasteiger partial charge in [0.25, 0.3) is 5.91 Å². The summed E-state index contributed by atoms with van der Waals surface area (Å²) in [5, 5.41) is 2.85. The van der Waals surface area contributed by atoms with E-state index >= 15 is 0 Å². The number of para-hydroxylation sites is 1. The first-order valence-corrected chi connectivity index (χ1v) is 5.92. The van der Waals surface area contributed by atoms with E-state index in [1.807, 2.05) is 0 Å². The van der Waals surface area contributed by atoms with Crippen molar-refractivity contribution < 1.29 is 14.3 Å². The summed E-state index contributed by atoms with van der Waals surface area (Å²) in [7, 11) is 1.64. The Morgan fingerprint density at radius 2 is 2.33 bits per heavy atom. The summed E-state index contributed by atoms with van der Waals surface area (Å²) >= 11 is 0. The largest absolute Gasteiger partial charge is 0.398 e. The molecule has 0 saturated carbocycles. The third kappa shape index (κ3) is 2.63. The summed E-state index contributed by atoms with van der Waals surface area (Å²) in [6.07, 6.45) is 0.786. The van der Waals surface area contributed by atoms with E-state index in [9.17, 15) is 4.79 Å². The Kier molecular flexibility index (Phi) is 3.84. The topological polar surface area (TPSA) is 73.6 Å². The van der Waals surface area contributed by atoms with Crippen molar-refractivity contribution >= 4 is 11.6 Å². The fourth-order valence-corrected chi connectivity index (χ4v) is 2.00. The van der Waals surface area contributed by atoms with Gasteiger partial charge in [-0.15, -0.1) is 0 Å². The third-order valence-electron chi connectivity index (χ3n) is 3.28. The number of amides is 1. The first kappa shape index (κ1) is 12.9. The van der Waals surface area contributed by atoms with Crippen molar-refractivity contribution in [1.29, 1.82) is 0 Å². The SMILES string of the molecule is COC1(CNC(=O)c2ccccc2N)CCOC1. The Hall–Kier alpha value is -1.59. The molecule has 1 amide bonds. The summed E-state index contributed by atoms with van der Waals surface area (Å²) in [5.74, 6) is -0.184. The maximum absolute atomic E-state index is 12.0. The van der Waals surface area contributed by atoms with E-state index in [0.717, 1.165) is 6.42 Å². The number of carbonyl (C=O) groups is 1. The summed E-state index contributed by atoms with van der Waals surface area (Å²) in [6.45, 7) is 1.60. The lowest BCUT2D eigenvalue weighted by Crippen LogP contribution is -2.45. The van der Waals surface area contributed by atoms with E-state index in [2.05, 4.69) is 5.32 Å². The maximum Gasteiger partial charge on any atom is 0.253 e. The van der Waals surface area contributed by atoms with Crippen molar-refractivity contribution in [3.05, 3.63) is 29.8 Å². The number of nitrogens with two attached hydrogens (primary N) is 1. The van der Waals surface area contributed by atoms with Crippen LogP contribution < -0.4 is 11.1 Å². The predicted molar refractivity (Wildman–Crippen MR) is 68.4 cm³/mol. The minimum atomic E-state index is -0.404. The summed E-state index contributed by atoms with van der Waals surface area (Å²) < 4.78 is 10.8. The lowest BCUT2D eigenvalue weighted by atomic mass is 10.0. The van der Waals surface area contributed by atoms with Crippen LogP contribution in [0.2, 0.25) is 0 Å². The molecule has 5 nitrogen and oxygen atoms in total. The second kappa shape index (κ2) is 5.37. The smallest absolute Gasteiger partial charge is 0.253 e. The van der Waals surface area contributed by atoms with Crippen molar-refractivity contribution in [3.63, 3.8) is 0 Å². The number of ether oxygens (including phenoxy) is 2. The van der Waals surface area contributed by atoms with Crippen LogP contribution in [0.5, 0.6) is 0 Å². The molecular weight excluding hydrogens is 232 g/mol. The van der Waals surface area contributed by atoms with E-state index in [1.165, 1.54) is 0 Å². The van der Waals surface area contributed by atoms with Gasteiger partial charge in [0.05, 0.1) is 12.2 Å². The highest BCUT2D eigenvalue weighted by atomic mass is 16.5. The molecule has 0 spiro atoms. The van der Waals surface area contributed by atoms with Gasteiger partial charge in [-0.1, -0.05) is 12.1 Å². The molecule has 18 heavy (non-hydrogen) atoms. The Balaban J connectivity index is 1.98. The second-order valence-corrected chi connectivity index (χ2v) is 4.46. The van der Waals surface area contributed by atoms with Crippen LogP contribution >= 0.6 is 0 Å². The quantitative estimate of drug-likeness (QED) is 0.775. The molecule has 1 aromatic carbocycles. The number of benzene rings is 1. The van der Waals surface area contributed by atoms with Crippen LogP contribution in [0.1, 0.15) is 16.8 Å². The number of carbonyl (C=O) groups excluding carboxylic acids is 1. The van der Waals surface area contributed by atoms with Crippen LogP contribution in [0.25, 0.3) is 0 Å². The third-order valence-corrected chi connectivity index (χ3v) is 3.28. The number of nitrogen functional groups attached to an aromatic ring is 1. The molecule has 1 saturated heterocycles. The number of anilines is 1. The fraction of sp³-hybridized carbons (Fsp3) is 0.462. The molecule has 1 aromatic rings. The van der Waals surface area contributed by atoms with E-state index in [4.69, 9.17) is 15.2 Å². The van der Waals surface area contributed by atoms with Gasteiger partial charge in [-0.25, -0.2) is 0 Å². The molecule has 1 aliphatic heterocycles. The number of nitrogens with one attached hydrogen (secondary N) is 1. The number of rotatable bonds is 4. The highest BCUT2D eigenvalue weighted by Crippen LogP contribution is 2.21. The van der Waals surface area contributed by atoms with Gasteiger partial charge in [0.15, 0.2) is 0 Å². The fourth-order valence-electron chi connectivity index (χ4n) is 2.00. The average Bonchev–Trinajstić information content (AvgIpc) is 2.86. The van der Waals surface area contributed by atoms with Gasteiger partial charge >= 0.3 is 0 Å². The predicted octanol–water partition coefficient (Wildman–Crippen LogP) is 0.804. The molecule has 1 unspecified atom stereocenters. The second-order valence-electron chi connectivity index (χ2n) is 4.46. The minimum Gasteiger partial charge on any atom is -0.398 e. The van der Waals surface area contributed by atoms with Crippen LogP contribution in [-0.2, 0) is 9.47 Å². The van der Waals surface area contributed by atoms with E-state index < -0.39 is 5.60 Å². The molecule has 5 heteroatoms. The number of hydrogen-bond acceptors (Lipinski definition) is 4. The number of methoxy groups -OCH3 is 1. The lowest BCUT2D eigenvalue weighted by Gasteiger charge is -2.25. The first-order chi connectivity index (χ1) is 8.67. The van der Waals surface area contributed by atoms with E-state index in [0.29, 0.717) is 31.0 Å². The molecule has 1 fully saturated rings. The van der Waals surface area contributed by atoms with E-state index in [-0.39, 0.29) is 5.91 Å². The van der Waals surface area contributed by atoms with Crippen molar-refractivity contribution in [2.24, 2.45) is 0 Å². The lowest BCUT2D eigenvalue weighted by molar-refractivity contribution is -0.0148. The average molecular weight is 250 g/mol. The molecule has 1 atom stereocenters. The standard InChI is InChI=1S/C13H18N2O3/c1-17-13(6-7-18-9-13)8-15-12(16)10-4-2-3-5-11(10)14/h2-5H,6-9,14H2,1H3,(H,15,16). The molecule has 3 N–H and O–H groups in total. The van der Waals surface area contributed by atoms with Gasteiger partial charge in [0.1, 0.15) is 5.60 Å². The summed E-state index contributed by atoms with van der Waals surface area (Å²) in [6, 6.07) is 7.00. The van der Waals surface area contributed by atoms with Crippen molar-refractivity contribution in [2.75, 3.05) is 32.6 Å². The zero-order valence-corrected chi connectivity index (χ0v) is 10.4. The van der Waals surface area contributed by atoms with Gasteiger partial charge in [-0.3, -0.25) is 4.79 Å². The van der Waals surface area contributed by atoms with Crippen molar-refractivity contribution in [1.82, 2.24) is 5.32 Å². The zero-order valence-electron chi connectivity index (χ0n) is 10.4. The van der Waals surface area contributed by atoms with Crippen molar-refractivity contribution in [3.8, 4) is 0 Å². The van der Waals surface area contributed by atoms with Crippen molar-refractivity contribution in [2.45, 2.75) is 12.0 Å². The van der Waals surface area contributed by atoms with Crippen LogP contribution in [0, 0.1) is 0 Å². The summed E-state index contributed by atoms with van der Waals surface area (Å²) in [5.41, 5.74) is 6.31. The number of hydrogen-bond donors (Lipinski definition) is 2. The first-order valence-electron chi connectivity index (χ1n) is 5.92. The Bertz CT molecular complexity index is 428. The van der Waals surface area contributed by atoms with Crippen LogP contribution in [0.15, 0.2) is 24.3 Å². The van der Waals surface area contributed by atoms with Gasteiger partial charge < -0.3 is 20.5 Å². The monoisotopic (exact) mass is 250 g/mol. The maximum atomic E-state index is 12.0. The Labute approximate surface area is 106 Å². The molecule has 1 aliphatic rings. The highest BCUT2D eigenvalue weighted by Gasteiger charge is 2.35. The molecule has 0 aliphatic carbocycles. The summed E-state index contributed by atoms with van der Waals surface area (Å²) in [4.78, 5) is 12.0. The van der Waals surface area contributed by atoms with Gasteiger partial charge in [0, 0.05) is 32.4 Å². The molecule has 2 rings (SSSR count). The zero-order chi connectivity index (χ0) is 13.0. The van der Waals surface area contributed by atoms with Crippen LogP contribution in [0.3, 0.4) is 0 Å². The highest BCUT2D eigenvalue weighted by molar-refractivity contribution is 5.99. The van der Waals surface area contributed by atoms with Gasteiger partial charge in [-0.2, -0.15) is 0 Å². The molecule has 98 valence electrons. The Morgan fingerprint density at radius 3 is 2.94 bits per heavy atom.